The fourth-order valence-electron chi connectivity index (χ4n) is 1.21. The minimum absolute atomic E-state index is 0.374. The molecule has 0 saturated heterocycles. The van der Waals surface area contributed by atoms with Crippen molar-refractivity contribution in [3.8, 4) is 0 Å². The number of aliphatic carboxylic acids is 1. The zero-order chi connectivity index (χ0) is 13.2. The van der Waals surface area contributed by atoms with Gasteiger partial charge in [-0.3, -0.25) is 0 Å². The van der Waals surface area contributed by atoms with E-state index in [1.807, 2.05) is 0 Å². The number of rotatable bonds is 2. The maximum atomic E-state index is 13.3. The van der Waals surface area contributed by atoms with Gasteiger partial charge in [0.15, 0.2) is 0 Å². The molecule has 0 heterocycles. The van der Waals surface area contributed by atoms with E-state index in [0.29, 0.717) is 12.1 Å². The number of carboxylic acids is 1. The van der Waals surface area contributed by atoms with Crippen molar-refractivity contribution < 1.29 is 27.5 Å². The molecule has 6 heteroatoms. The van der Waals surface area contributed by atoms with Crippen LogP contribution in [-0.4, -0.2) is 11.1 Å². The van der Waals surface area contributed by atoms with Crippen LogP contribution < -0.4 is 0 Å². The van der Waals surface area contributed by atoms with Gasteiger partial charge in [-0.25, -0.2) is 9.18 Å². The van der Waals surface area contributed by atoms with E-state index in [9.17, 15) is 22.4 Å². The molecular formula is C11H8F4O2. The highest BCUT2D eigenvalue weighted by molar-refractivity contribution is 5.91. The summed E-state index contributed by atoms with van der Waals surface area (Å²) in [5.74, 6) is -2.51. The van der Waals surface area contributed by atoms with E-state index < -0.39 is 29.1 Å². The second-order valence-corrected chi connectivity index (χ2v) is 3.33. The number of alkyl halides is 3. The third-order valence-corrected chi connectivity index (χ3v) is 2.06. The SMILES string of the molecule is C/C(=C\c1c(F)cccc1C(F)(F)F)C(=O)O. The molecular weight excluding hydrogens is 240 g/mol. The molecule has 1 aromatic carbocycles. The molecule has 0 aliphatic rings. The summed E-state index contributed by atoms with van der Waals surface area (Å²) in [6.07, 6.45) is -4.06. The van der Waals surface area contributed by atoms with Gasteiger partial charge in [-0.2, -0.15) is 13.2 Å². The van der Waals surface area contributed by atoms with E-state index >= 15 is 0 Å². The Bertz CT molecular complexity index is 475. The summed E-state index contributed by atoms with van der Waals surface area (Å²) < 4.78 is 50.9. The Morgan fingerprint density at radius 2 is 1.94 bits per heavy atom. The second-order valence-electron chi connectivity index (χ2n) is 3.33. The van der Waals surface area contributed by atoms with Gasteiger partial charge in [-0.15, -0.1) is 0 Å². The molecule has 0 fully saturated rings. The largest absolute Gasteiger partial charge is 0.478 e. The first-order valence-electron chi connectivity index (χ1n) is 4.51. The molecule has 0 spiro atoms. The van der Waals surface area contributed by atoms with E-state index in [-0.39, 0.29) is 5.57 Å². The maximum absolute atomic E-state index is 13.3. The minimum Gasteiger partial charge on any atom is -0.478 e. The van der Waals surface area contributed by atoms with Crippen LogP contribution in [0.1, 0.15) is 18.1 Å². The molecule has 1 aromatic rings. The molecule has 1 N–H and O–H groups in total. The molecule has 0 amide bonds. The Morgan fingerprint density at radius 1 is 1.35 bits per heavy atom. The van der Waals surface area contributed by atoms with Crippen molar-refractivity contribution in [2.24, 2.45) is 0 Å². The zero-order valence-corrected chi connectivity index (χ0v) is 8.68. The van der Waals surface area contributed by atoms with Crippen molar-refractivity contribution in [2.45, 2.75) is 13.1 Å². The van der Waals surface area contributed by atoms with Gasteiger partial charge in [0, 0.05) is 11.1 Å². The van der Waals surface area contributed by atoms with E-state index in [0.717, 1.165) is 19.1 Å². The molecule has 92 valence electrons. The van der Waals surface area contributed by atoms with Crippen molar-refractivity contribution in [2.75, 3.05) is 0 Å². The van der Waals surface area contributed by atoms with E-state index in [2.05, 4.69) is 0 Å². The summed E-state index contributed by atoms with van der Waals surface area (Å²) in [7, 11) is 0. The first-order valence-corrected chi connectivity index (χ1v) is 4.51. The highest BCUT2D eigenvalue weighted by Crippen LogP contribution is 2.34. The lowest BCUT2D eigenvalue weighted by atomic mass is 10.0. The predicted octanol–water partition coefficient (Wildman–Crippen LogP) is 3.33. The average molecular weight is 248 g/mol. The molecule has 0 bridgehead atoms. The standard InChI is InChI=1S/C11H8F4O2/c1-6(10(16)17)5-7-8(11(13,14)15)3-2-4-9(7)12/h2-5H,1H3,(H,16,17)/b6-5+. The van der Waals surface area contributed by atoms with Gasteiger partial charge in [0.1, 0.15) is 5.82 Å². The number of benzene rings is 1. The van der Waals surface area contributed by atoms with Crippen LogP contribution >= 0.6 is 0 Å². The van der Waals surface area contributed by atoms with E-state index in [1.165, 1.54) is 0 Å². The molecule has 1 rings (SSSR count). The van der Waals surface area contributed by atoms with Gasteiger partial charge >= 0.3 is 12.1 Å². The normalized spacial score (nSPS) is 12.6. The van der Waals surface area contributed by atoms with E-state index in [1.54, 1.807) is 0 Å². The Labute approximate surface area is 94.2 Å². The third-order valence-electron chi connectivity index (χ3n) is 2.06. The van der Waals surface area contributed by atoms with Crippen LogP contribution in [0.4, 0.5) is 17.6 Å². The summed E-state index contributed by atoms with van der Waals surface area (Å²) in [4.78, 5) is 10.5. The minimum atomic E-state index is -4.73. The van der Waals surface area contributed by atoms with Gasteiger partial charge in [0.25, 0.3) is 0 Å². The fraction of sp³-hybridized carbons (Fsp3) is 0.182. The topological polar surface area (TPSA) is 37.3 Å². The van der Waals surface area contributed by atoms with Gasteiger partial charge < -0.3 is 5.11 Å². The Morgan fingerprint density at radius 3 is 2.41 bits per heavy atom. The monoisotopic (exact) mass is 248 g/mol. The summed E-state index contributed by atoms with van der Waals surface area (Å²) in [5, 5.41) is 8.56. The molecule has 0 saturated carbocycles. The molecule has 0 aliphatic heterocycles. The fourth-order valence-corrected chi connectivity index (χ4v) is 1.21. The first-order chi connectivity index (χ1) is 7.73. The third kappa shape index (κ3) is 3.05. The predicted molar refractivity (Wildman–Crippen MR) is 52.7 cm³/mol. The number of hydrogen-bond donors (Lipinski definition) is 1. The summed E-state index contributed by atoms with van der Waals surface area (Å²) >= 11 is 0. The van der Waals surface area contributed by atoms with Crippen molar-refractivity contribution >= 4 is 12.0 Å². The van der Waals surface area contributed by atoms with Crippen molar-refractivity contribution in [1.82, 2.24) is 0 Å². The lowest BCUT2D eigenvalue weighted by Gasteiger charge is -2.11. The van der Waals surface area contributed by atoms with Crippen molar-refractivity contribution in [1.29, 1.82) is 0 Å². The zero-order valence-electron chi connectivity index (χ0n) is 8.68. The quantitative estimate of drug-likeness (QED) is 0.643. The van der Waals surface area contributed by atoms with Crippen molar-refractivity contribution in [3.05, 3.63) is 40.7 Å². The van der Waals surface area contributed by atoms with Crippen molar-refractivity contribution in [3.63, 3.8) is 0 Å². The molecule has 0 aliphatic carbocycles. The van der Waals surface area contributed by atoms with Gasteiger partial charge in [-0.1, -0.05) is 6.07 Å². The highest BCUT2D eigenvalue weighted by Gasteiger charge is 2.33. The lowest BCUT2D eigenvalue weighted by Crippen LogP contribution is -2.09. The molecule has 17 heavy (non-hydrogen) atoms. The molecule has 0 aromatic heterocycles. The molecule has 0 atom stereocenters. The van der Waals surface area contributed by atoms with E-state index in [4.69, 9.17) is 5.11 Å². The summed E-state index contributed by atoms with van der Waals surface area (Å²) in [5.41, 5.74) is -2.33. The molecule has 2 nitrogen and oxygen atoms in total. The highest BCUT2D eigenvalue weighted by atomic mass is 19.4. The second kappa shape index (κ2) is 4.57. The van der Waals surface area contributed by atoms with Crippen LogP contribution in [-0.2, 0) is 11.0 Å². The smallest absolute Gasteiger partial charge is 0.417 e. The Kier molecular flexibility index (Phi) is 3.55. The van der Waals surface area contributed by atoms with Gasteiger partial charge in [-0.05, 0) is 25.1 Å². The van der Waals surface area contributed by atoms with Gasteiger partial charge in [0.2, 0.25) is 0 Å². The number of halogens is 4. The number of carboxylic acid groups (broad SMARTS) is 1. The average Bonchev–Trinajstić information content (AvgIpc) is 2.18. The van der Waals surface area contributed by atoms with Crippen LogP contribution in [0.2, 0.25) is 0 Å². The van der Waals surface area contributed by atoms with Crippen LogP contribution in [0.3, 0.4) is 0 Å². The number of carbonyl (C=O) groups is 1. The lowest BCUT2D eigenvalue weighted by molar-refractivity contribution is -0.138. The van der Waals surface area contributed by atoms with Crippen LogP contribution in [0.5, 0.6) is 0 Å². The maximum Gasteiger partial charge on any atom is 0.417 e. The Balaban J connectivity index is 3.42. The molecule has 0 unspecified atom stereocenters. The van der Waals surface area contributed by atoms with Crippen LogP contribution in [0.25, 0.3) is 6.08 Å². The summed E-state index contributed by atoms with van der Waals surface area (Å²) in [6, 6.07) is 2.46. The number of hydrogen-bond acceptors (Lipinski definition) is 1. The van der Waals surface area contributed by atoms with Gasteiger partial charge in [0.05, 0.1) is 5.56 Å². The Hall–Kier alpha value is -1.85. The van der Waals surface area contributed by atoms with Crippen LogP contribution in [0, 0.1) is 5.82 Å². The first kappa shape index (κ1) is 13.2. The van der Waals surface area contributed by atoms with Crippen LogP contribution in [0.15, 0.2) is 23.8 Å². The molecule has 0 radical (unpaired) electrons. The summed E-state index contributed by atoms with van der Waals surface area (Å²) in [6.45, 7) is 1.09.